The van der Waals surface area contributed by atoms with Gasteiger partial charge in [0, 0.05) is 17.4 Å². The van der Waals surface area contributed by atoms with Crippen LogP contribution in [0.5, 0.6) is 5.75 Å². The minimum atomic E-state index is -0.829. The van der Waals surface area contributed by atoms with Crippen LogP contribution in [0.3, 0.4) is 0 Å². The Balaban J connectivity index is 1.61. The van der Waals surface area contributed by atoms with Crippen molar-refractivity contribution in [3.8, 4) is 5.75 Å². The van der Waals surface area contributed by atoms with Crippen LogP contribution >= 0.6 is 0 Å². The van der Waals surface area contributed by atoms with Crippen LogP contribution < -0.4 is 9.64 Å². The molecule has 2 aromatic carbocycles. The van der Waals surface area contributed by atoms with Crippen LogP contribution in [-0.4, -0.2) is 28.4 Å². The fraction of sp³-hybridized carbons (Fsp3) is 0.276. The second-order valence-corrected chi connectivity index (χ2v) is 8.97. The van der Waals surface area contributed by atoms with Crippen molar-refractivity contribution in [2.24, 2.45) is 0 Å². The van der Waals surface area contributed by atoms with E-state index in [1.54, 1.807) is 24.4 Å². The Labute approximate surface area is 204 Å². The summed E-state index contributed by atoms with van der Waals surface area (Å²) in [7, 11) is 0. The van der Waals surface area contributed by atoms with Gasteiger partial charge in [-0.2, -0.15) is 0 Å². The second-order valence-electron chi connectivity index (χ2n) is 8.97. The van der Waals surface area contributed by atoms with Crippen molar-refractivity contribution >= 4 is 23.1 Å². The standard InChI is InChI=1S/C29H28N2O4/c1-2-3-7-19-10-13-22(14-11-19)31-26(23-9-4-5-16-30-23)25(28(33)29(31)34)27(32)21-12-15-24-20(18-21)8-6-17-35-24/h4-5,9-16,18,26,32H,2-3,6-8,17H2,1H3/b27-25-. The fourth-order valence-corrected chi connectivity index (χ4v) is 4.78. The van der Waals surface area contributed by atoms with E-state index in [9.17, 15) is 14.7 Å². The number of aliphatic hydroxyl groups excluding tert-OH is 1. The molecule has 6 nitrogen and oxygen atoms in total. The van der Waals surface area contributed by atoms with Crippen LogP contribution in [0.4, 0.5) is 5.69 Å². The predicted octanol–water partition coefficient (Wildman–Crippen LogP) is 5.38. The molecule has 2 aliphatic rings. The van der Waals surface area contributed by atoms with Gasteiger partial charge in [-0.3, -0.25) is 19.5 Å². The monoisotopic (exact) mass is 468 g/mol. The molecule has 0 aliphatic carbocycles. The molecule has 178 valence electrons. The first-order valence-electron chi connectivity index (χ1n) is 12.2. The molecule has 1 amide bonds. The summed E-state index contributed by atoms with van der Waals surface area (Å²) in [6.07, 6.45) is 6.50. The summed E-state index contributed by atoms with van der Waals surface area (Å²) in [6.45, 7) is 2.82. The number of pyridine rings is 1. The van der Waals surface area contributed by atoms with Gasteiger partial charge in [0.05, 0.1) is 17.9 Å². The van der Waals surface area contributed by atoms with Crippen molar-refractivity contribution < 1.29 is 19.4 Å². The molecule has 1 unspecified atom stereocenters. The van der Waals surface area contributed by atoms with Gasteiger partial charge in [0.2, 0.25) is 0 Å². The zero-order chi connectivity index (χ0) is 24.4. The summed E-state index contributed by atoms with van der Waals surface area (Å²) in [5.74, 6) is -0.806. The number of hydrogen-bond donors (Lipinski definition) is 1. The summed E-state index contributed by atoms with van der Waals surface area (Å²) < 4.78 is 5.68. The van der Waals surface area contributed by atoms with E-state index in [0.717, 1.165) is 43.4 Å². The normalized spacial score (nSPS) is 18.9. The molecule has 3 heterocycles. The lowest BCUT2D eigenvalue weighted by molar-refractivity contribution is -0.132. The molecular formula is C29H28N2O4. The summed E-state index contributed by atoms with van der Waals surface area (Å²) in [6, 6.07) is 17.6. The number of Topliss-reactive ketones (excluding diaryl/α,β-unsaturated/α-hetero) is 1. The number of rotatable bonds is 6. The van der Waals surface area contributed by atoms with Gasteiger partial charge in [0.1, 0.15) is 17.6 Å². The highest BCUT2D eigenvalue weighted by molar-refractivity contribution is 6.51. The molecule has 2 aliphatic heterocycles. The minimum Gasteiger partial charge on any atom is -0.507 e. The molecule has 1 saturated heterocycles. The zero-order valence-corrected chi connectivity index (χ0v) is 19.7. The molecule has 3 aromatic rings. The molecule has 35 heavy (non-hydrogen) atoms. The molecule has 1 fully saturated rings. The molecule has 0 radical (unpaired) electrons. The maximum Gasteiger partial charge on any atom is 0.300 e. The van der Waals surface area contributed by atoms with Gasteiger partial charge in [-0.05, 0) is 79.3 Å². The summed E-state index contributed by atoms with van der Waals surface area (Å²) >= 11 is 0. The van der Waals surface area contributed by atoms with Gasteiger partial charge >= 0.3 is 0 Å². The number of fused-ring (bicyclic) bond motifs is 1. The van der Waals surface area contributed by atoms with E-state index >= 15 is 0 Å². The highest BCUT2D eigenvalue weighted by atomic mass is 16.5. The molecule has 1 N–H and O–H groups in total. The van der Waals surface area contributed by atoms with Crippen LogP contribution in [0.2, 0.25) is 0 Å². The number of nitrogens with zero attached hydrogens (tertiary/aromatic N) is 2. The molecule has 0 saturated carbocycles. The third-order valence-electron chi connectivity index (χ3n) is 6.63. The maximum atomic E-state index is 13.3. The van der Waals surface area contributed by atoms with E-state index in [1.165, 1.54) is 10.5 Å². The van der Waals surface area contributed by atoms with Gasteiger partial charge < -0.3 is 9.84 Å². The van der Waals surface area contributed by atoms with E-state index in [-0.39, 0.29) is 11.3 Å². The average Bonchev–Trinajstić information content (AvgIpc) is 3.17. The Morgan fingerprint density at radius 3 is 2.69 bits per heavy atom. The highest BCUT2D eigenvalue weighted by Gasteiger charge is 2.47. The van der Waals surface area contributed by atoms with Crippen LogP contribution in [0, 0.1) is 0 Å². The van der Waals surface area contributed by atoms with E-state index in [2.05, 4.69) is 11.9 Å². The summed E-state index contributed by atoms with van der Waals surface area (Å²) in [5.41, 5.74) is 3.80. The third-order valence-corrected chi connectivity index (χ3v) is 6.63. The first kappa shape index (κ1) is 22.8. The largest absolute Gasteiger partial charge is 0.507 e. The van der Waals surface area contributed by atoms with Gasteiger partial charge in [-0.15, -0.1) is 0 Å². The van der Waals surface area contributed by atoms with E-state index in [4.69, 9.17) is 4.74 Å². The Kier molecular flexibility index (Phi) is 6.36. The minimum absolute atomic E-state index is 0.0421. The first-order valence-corrected chi connectivity index (χ1v) is 12.2. The molecule has 0 spiro atoms. The number of ketones is 1. The summed E-state index contributed by atoms with van der Waals surface area (Å²) in [4.78, 5) is 32.5. The van der Waals surface area contributed by atoms with Crippen LogP contribution in [0.1, 0.15) is 54.6 Å². The van der Waals surface area contributed by atoms with Gasteiger partial charge in [-0.1, -0.05) is 31.5 Å². The number of ether oxygens (including phenoxy) is 1. The zero-order valence-electron chi connectivity index (χ0n) is 19.7. The number of hydrogen-bond acceptors (Lipinski definition) is 5. The number of carbonyl (C=O) groups excluding carboxylic acids is 2. The number of unbranched alkanes of at least 4 members (excludes halogenated alkanes) is 1. The third kappa shape index (κ3) is 4.32. The Bertz CT molecular complexity index is 1280. The van der Waals surface area contributed by atoms with Gasteiger partial charge in [-0.25, -0.2) is 0 Å². The lowest BCUT2D eigenvalue weighted by Gasteiger charge is -2.25. The molecule has 5 rings (SSSR count). The average molecular weight is 469 g/mol. The number of anilines is 1. The van der Waals surface area contributed by atoms with Gasteiger partial charge in [0.15, 0.2) is 0 Å². The van der Waals surface area contributed by atoms with Crippen molar-refractivity contribution in [1.82, 2.24) is 4.98 Å². The van der Waals surface area contributed by atoms with Crippen LogP contribution in [0.25, 0.3) is 5.76 Å². The van der Waals surface area contributed by atoms with Gasteiger partial charge in [0.25, 0.3) is 11.7 Å². The fourth-order valence-electron chi connectivity index (χ4n) is 4.78. The van der Waals surface area contributed by atoms with E-state index in [1.807, 2.05) is 42.5 Å². The Hall–Kier alpha value is -3.93. The lowest BCUT2D eigenvalue weighted by atomic mass is 9.96. The second kappa shape index (κ2) is 9.74. The molecule has 1 aromatic heterocycles. The predicted molar refractivity (Wildman–Crippen MR) is 134 cm³/mol. The number of aromatic nitrogens is 1. The van der Waals surface area contributed by atoms with Crippen molar-refractivity contribution in [1.29, 1.82) is 0 Å². The smallest absolute Gasteiger partial charge is 0.300 e. The number of aliphatic hydroxyl groups is 1. The van der Waals surface area contributed by atoms with Crippen molar-refractivity contribution in [2.75, 3.05) is 11.5 Å². The van der Waals surface area contributed by atoms with E-state index < -0.39 is 17.7 Å². The number of benzene rings is 2. The van der Waals surface area contributed by atoms with Crippen molar-refractivity contribution in [2.45, 2.75) is 45.1 Å². The molecular weight excluding hydrogens is 440 g/mol. The lowest BCUT2D eigenvalue weighted by Crippen LogP contribution is -2.29. The SMILES string of the molecule is CCCCc1ccc(N2C(=O)C(=O)/C(=C(\O)c3ccc4c(c3)CCCO4)C2c2ccccn2)cc1. The van der Waals surface area contributed by atoms with E-state index in [0.29, 0.717) is 23.6 Å². The van der Waals surface area contributed by atoms with Crippen LogP contribution in [0.15, 0.2) is 72.4 Å². The molecule has 6 heteroatoms. The quantitative estimate of drug-likeness (QED) is 0.299. The summed E-state index contributed by atoms with van der Waals surface area (Å²) in [5, 5.41) is 11.4. The Morgan fingerprint density at radius 2 is 1.94 bits per heavy atom. The number of aryl methyl sites for hydroxylation is 2. The number of amides is 1. The van der Waals surface area contributed by atoms with Crippen molar-refractivity contribution in [3.05, 3.63) is 94.8 Å². The first-order chi connectivity index (χ1) is 17.1. The molecule has 1 atom stereocenters. The van der Waals surface area contributed by atoms with Crippen LogP contribution in [-0.2, 0) is 22.4 Å². The Morgan fingerprint density at radius 1 is 1.11 bits per heavy atom. The maximum absolute atomic E-state index is 13.3. The topological polar surface area (TPSA) is 79.7 Å². The number of carbonyl (C=O) groups is 2. The highest BCUT2D eigenvalue weighted by Crippen LogP contribution is 2.42. The van der Waals surface area contributed by atoms with Crippen molar-refractivity contribution in [3.63, 3.8) is 0 Å². The molecule has 0 bridgehead atoms.